The molecule has 1 atom stereocenters. The number of hydrogen-bond donors (Lipinski definition) is 1. The number of ether oxygens (including phenoxy) is 1. The predicted octanol–water partition coefficient (Wildman–Crippen LogP) is 4.15. The van der Waals surface area contributed by atoms with Crippen molar-refractivity contribution in [3.05, 3.63) is 41.4 Å². The van der Waals surface area contributed by atoms with Crippen LogP contribution in [-0.2, 0) is 9.53 Å². The van der Waals surface area contributed by atoms with E-state index in [2.05, 4.69) is 27.8 Å². The lowest BCUT2D eigenvalue weighted by molar-refractivity contribution is -0.148. The second-order valence-corrected chi connectivity index (χ2v) is 5.34. The molecule has 1 aromatic rings. The number of carbonyl (C=O) groups is 1. The van der Waals surface area contributed by atoms with Crippen molar-refractivity contribution in [2.24, 2.45) is 0 Å². The van der Waals surface area contributed by atoms with Crippen LogP contribution in [0.5, 0.6) is 0 Å². The van der Waals surface area contributed by atoms with E-state index in [9.17, 15) is 4.79 Å². The van der Waals surface area contributed by atoms with Gasteiger partial charge in [0.2, 0.25) is 0 Å². The van der Waals surface area contributed by atoms with Crippen LogP contribution in [0.2, 0.25) is 0 Å². The molecule has 0 saturated heterocycles. The van der Waals surface area contributed by atoms with Crippen molar-refractivity contribution < 1.29 is 9.53 Å². The topological polar surface area (TPSA) is 38.3 Å². The van der Waals surface area contributed by atoms with Gasteiger partial charge in [0.05, 0.1) is 6.61 Å². The Balaban J connectivity index is 2.93. The number of carbonyl (C=O) groups excluding carboxylic acids is 1. The van der Waals surface area contributed by atoms with Gasteiger partial charge in [-0.1, -0.05) is 18.2 Å². The molecular formula is C15H20BrNO2. The fourth-order valence-electron chi connectivity index (χ4n) is 1.76. The van der Waals surface area contributed by atoms with Crippen molar-refractivity contribution in [1.29, 1.82) is 0 Å². The molecule has 1 N–H and O–H groups in total. The summed E-state index contributed by atoms with van der Waals surface area (Å²) >= 11 is 3.47. The first-order chi connectivity index (χ1) is 9.03. The van der Waals surface area contributed by atoms with Gasteiger partial charge in [0.25, 0.3) is 0 Å². The largest absolute Gasteiger partial charge is 0.464 e. The highest BCUT2D eigenvalue weighted by Gasteiger charge is 2.34. The van der Waals surface area contributed by atoms with Crippen molar-refractivity contribution >= 4 is 27.6 Å². The lowest BCUT2D eigenvalue weighted by Gasteiger charge is -2.29. The zero-order valence-corrected chi connectivity index (χ0v) is 13.0. The Morgan fingerprint density at radius 3 is 2.79 bits per heavy atom. The Morgan fingerprint density at radius 1 is 1.53 bits per heavy atom. The first-order valence-corrected chi connectivity index (χ1v) is 7.13. The summed E-state index contributed by atoms with van der Waals surface area (Å²) < 4.78 is 6.09. The second-order valence-electron chi connectivity index (χ2n) is 4.48. The van der Waals surface area contributed by atoms with E-state index < -0.39 is 5.54 Å². The molecule has 104 valence electrons. The maximum absolute atomic E-state index is 12.2. The van der Waals surface area contributed by atoms with E-state index in [-0.39, 0.29) is 5.97 Å². The fourth-order valence-corrected chi connectivity index (χ4v) is 2.14. The Morgan fingerprint density at radius 2 is 2.21 bits per heavy atom. The Hall–Kier alpha value is -1.29. The lowest BCUT2D eigenvalue weighted by atomic mass is 9.95. The number of rotatable bonds is 7. The third-order valence-electron chi connectivity index (χ3n) is 2.86. The van der Waals surface area contributed by atoms with Crippen LogP contribution in [0.4, 0.5) is 5.69 Å². The van der Waals surface area contributed by atoms with Crippen molar-refractivity contribution in [2.75, 3.05) is 11.9 Å². The maximum atomic E-state index is 12.2. The predicted molar refractivity (Wildman–Crippen MR) is 82.2 cm³/mol. The van der Waals surface area contributed by atoms with E-state index in [1.807, 2.05) is 38.1 Å². The molecule has 0 aromatic heterocycles. The molecular weight excluding hydrogens is 306 g/mol. The molecule has 0 aliphatic heterocycles. The first-order valence-electron chi connectivity index (χ1n) is 6.34. The van der Waals surface area contributed by atoms with Gasteiger partial charge in [-0.3, -0.25) is 0 Å². The average molecular weight is 326 g/mol. The number of hydrogen-bond acceptors (Lipinski definition) is 3. The van der Waals surface area contributed by atoms with E-state index in [0.29, 0.717) is 13.0 Å². The molecule has 4 heteroatoms. The molecule has 0 radical (unpaired) electrons. The van der Waals surface area contributed by atoms with Gasteiger partial charge in [0.15, 0.2) is 0 Å². The van der Waals surface area contributed by atoms with Gasteiger partial charge < -0.3 is 10.1 Å². The third-order valence-corrected chi connectivity index (χ3v) is 3.55. The van der Waals surface area contributed by atoms with E-state index in [1.54, 1.807) is 6.08 Å². The molecule has 19 heavy (non-hydrogen) atoms. The lowest BCUT2D eigenvalue weighted by Crippen LogP contribution is -2.44. The van der Waals surface area contributed by atoms with Gasteiger partial charge in [0.1, 0.15) is 5.54 Å². The Bertz CT molecular complexity index is 448. The van der Waals surface area contributed by atoms with Crippen molar-refractivity contribution in [3.8, 4) is 0 Å². The van der Waals surface area contributed by atoms with Crippen LogP contribution in [0.15, 0.2) is 41.4 Å². The number of esters is 1. The zero-order valence-electron chi connectivity index (χ0n) is 11.4. The summed E-state index contributed by atoms with van der Waals surface area (Å²) in [4.78, 5) is 12.2. The number of benzene rings is 1. The second kappa shape index (κ2) is 7.34. The summed E-state index contributed by atoms with van der Waals surface area (Å²) in [6, 6.07) is 7.71. The average Bonchev–Trinajstić information content (AvgIpc) is 2.39. The molecule has 1 aromatic carbocycles. The highest BCUT2D eigenvalue weighted by Crippen LogP contribution is 2.27. The van der Waals surface area contributed by atoms with Crippen LogP contribution < -0.4 is 5.32 Å². The normalized spacial score (nSPS) is 13.4. The van der Waals surface area contributed by atoms with Crippen LogP contribution in [0.3, 0.4) is 0 Å². The number of halogens is 1. The molecule has 0 fully saturated rings. The van der Waals surface area contributed by atoms with E-state index in [0.717, 1.165) is 16.6 Å². The van der Waals surface area contributed by atoms with Gasteiger partial charge in [-0.25, -0.2) is 4.79 Å². The van der Waals surface area contributed by atoms with Gasteiger partial charge in [-0.05, 0) is 54.8 Å². The number of para-hydroxylation sites is 1. The number of allylic oxidation sites excluding steroid dienone is 1. The van der Waals surface area contributed by atoms with Crippen LogP contribution in [0.1, 0.15) is 26.7 Å². The molecule has 1 rings (SSSR count). The smallest absolute Gasteiger partial charge is 0.331 e. The summed E-state index contributed by atoms with van der Waals surface area (Å²) in [6.45, 7) is 7.74. The van der Waals surface area contributed by atoms with Crippen molar-refractivity contribution in [2.45, 2.75) is 32.2 Å². The van der Waals surface area contributed by atoms with Crippen LogP contribution >= 0.6 is 15.9 Å². The molecule has 0 saturated carbocycles. The molecule has 0 bridgehead atoms. The minimum Gasteiger partial charge on any atom is -0.464 e. The Kier molecular flexibility index (Phi) is 6.09. The molecule has 0 heterocycles. The summed E-state index contributed by atoms with van der Waals surface area (Å²) in [5.74, 6) is -0.243. The first kappa shape index (κ1) is 15.8. The van der Waals surface area contributed by atoms with Crippen LogP contribution in [0, 0.1) is 0 Å². The SMILES string of the molecule is C=CCCC(C)(Nc1ccccc1Br)C(=O)OCC. The molecule has 0 amide bonds. The van der Waals surface area contributed by atoms with Gasteiger partial charge >= 0.3 is 5.97 Å². The van der Waals surface area contributed by atoms with Crippen molar-refractivity contribution in [3.63, 3.8) is 0 Å². The Labute approximate surface area is 123 Å². The third kappa shape index (κ3) is 4.39. The molecule has 0 aliphatic carbocycles. The molecule has 0 spiro atoms. The number of nitrogens with one attached hydrogen (secondary N) is 1. The van der Waals surface area contributed by atoms with E-state index in [4.69, 9.17) is 4.74 Å². The van der Waals surface area contributed by atoms with Crippen molar-refractivity contribution in [1.82, 2.24) is 0 Å². The molecule has 0 aliphatic rings. The molecule has 1 unspecified atom stereocenters. The monoisotopic (exact) mass is 325 g/mol. The number of anilines is 1. The summed E-state index contributed by atoms with van der Waals surface area (Å²) in [6.07, 6.45) is 3.18. The highest BCUT2D eigenvalue weighted by molar-refractivity contribution is 9.10. The van der Waals surface area contributed by atoms with Gasteiger partial charge in [0, 0.05) is 10.2 Å². The highest BCUT2D eigenvalue weighted by atomic mass is 79.9. The zero-order chi connectivity index (χ0) is 14.3. The quantitative estimate of drug-likeness (QED) is 0.604. The fraction of sp³-hybridized carbons (Fsp3) is 0.400. The van der Waals surface area contributed by atoms with Gasteiger partial charge in [-0.15, -0.1) is 6.58 Å². The van der Waals surface area contributed by atoms with Crippen LogP contribution in [0.25, 0.3) is 0 Å². The summed E-state index contributed by atoms with van der Waals surface area (Å²) in [5.41, 5.74) is 0.121. The van der Waals surface area contributed by atoms with Crippen LogP contribution in [-0.4, -0.2) is 18.1 Å². The maximum Gasteiger partial charge on any atom is 0.331 e. The van der Waals surface area contributed by atoms with Gasteiger partial charge in [-0.2, -0.15) is 0 Å². The minimum atomic E-state index is -0.756. The van der Waals surface area contributed by atoms with E-state index in [1.165, 1.54) is 0 Å². The standard InChI is InChI=1S/C15H20BrNO2/c1-4-6-11-15(3,14(18)19-5-2)17-13-10-8-7-9-12(13)16/h4,7-10,17H,1,5-6,11H2,2-3H3. The summed E-state index contributed by atoms with van der Waals surface area (Å²) in [7, 11) is 0. The molecule has 3 nitrogen and oxygen atoms in total. The minimum absolute atomic E-state index is 0.243. The summed E-state index contributed by atoms with van der Waals surface area (Å²) in [5, 5.41) is 3.27. The van der Waals surface area contributed by atoms with E-state index >= 15 is 0 Å².